The number of aromatic hydroxyl groups is 1. The zero-order valence-electron chi connectivity index (χ0n) is 18.0. The molecule has 1 atom stereocenters. The Kier molecular flexibility index (Phi) is 6.51. The molecule has 0 radical (unpaired) electrons. The number of rotatable bonds is 7. The van der Waals surface area contributed by atoms with Gasteiger partial charge in [-0.15, -0.1) is 0 Å². The van der Waals surface area contributed by atoms with Gasteiger partial charge in [-0.05, 0) is 19.4 Å². The van der Waals surface area contributed by atoms with Gasteiger partial charge in [-0.2, -0.15) is 0 Å². The number of hydrogen-bond acceptors (Lipinski definition) is 6. The van der Waals surface area contributed by atoms with Crippen molar-refractivity contribution in [3.8, 4) is 5.88 Å². The van der Waals surface area contributed by atoms with Crippen LogP contribution in [0.1, 0.15) is 25.1 Å². The summed E-state index contributed by atoms with van der Waals surface area (Å²) in [4.78, 5) is 39.3. The van der Waals surface area contributed by atoms with Gasteiger partial charge >= 0.3 is 5.69 Å². The van der Waals surface area contributed by atoms with Crippen LogP contribution in [0.3, 0.4) is 0 Å². The molecule has 0 spiro atoms. The van der Waals surface area contributed by atoms with Crippen LogP contribution in [0.4, 0.5) is 0 Å². The van der Waals surface area contributed by atoms with Gasteiger partial charge in [0.15, 0.2) is 0 Å². The molecule has 1 aromatic carbocycles. The number of nitrogens with one attached hydrogen (secondary N) is 1. The van der Waals surface area contributed by atoms with E-state index in [9.17, 15) is 19.5 Å². The fourth-order valence-electron chi connectivity index (χ4n) is 3.36. The summed E-state index contributed by atoms with van der Waals surface area (Å²) in [5.41, 5.74) is 5.68. The topological polar surface area (TPSA) is 132 Å². The lowest BCUT2D eigenvalue weighted by atomic mass is 10.1. The number of nitrogens with two attached hydrogens (primary N) is 1. The quantitative estimate of drug-likeness (QED) is 0.550. The first-order valence-electron chi connectivity index (χ1n) is 10.1. The van der Waals surface area contributed by atoms with E-state index in [-0.39, 0.29) is 50.3 Å². The molecule has 0 saturated carbocycles. The lowest BCUT2D eigenvalue weighted by molar-refractivity contribution is -0.140. The maximum Gasteiger partial charge on any atom is 0.331 e. The first kappa shape index (κ1) is 22.6. The Labute approximate surface area is 180 Å². The number of hydrogen-bond donors (Lipinski definition) is 3. The molecule has 10 nitrogen and oxygen atoms in total. The summed E-state index contributed by atoms with van der Waals surface area (Å²) in [5.74, 6) is -1.02. The van der Waals surface area contributed by atoms with Crippen molar-refractivity contribution in [2.24, 2.45) is 12.8 Å². The van der Waals surface area contributed by atoms with Crippen molar-refractivity contribution in [2.75, 3.05) is 13.2 Å². The molecular weight excluding hydrogens is 402 g/mol. The fourth-order valence-corrected chi connectivity index (χ4v) is 3.36. The van der Waals surface area contributed by atoms with E-state index in [1.54, 1.807) is 13.8 Å². The van der Waals surface area contributed by atoms with E-state index in [1.165, 1.54) is 16.5 Å². The summed E-state index contributed by atoms with van der Waals surface area (Å²) in [5, 5.41) is 12.9. The molecule has 168 valence electrons. The highest BCUT2D eigenvalue weighted by molar-refractivity contribution is 5.91. The van der Waals surface area contributed by atoms with Crippen molar-refractivity contribution in [2.45, 2.75) is 45.1 Å². The Morgan fingerprint density at radius 2 is 1.94 bits per heavy atom. The molecule has 3 rings (SSSR count). The average Bonchev–Trinajstić information content (AvgIpc) is 2.96. The number of nitrogens with zero attached hydrogens (tertiary/aromatic N) is 3. The van der Waals surface area contributed by atoms with Gasteiger partial charge in [-0.3, -0.25) is 18.7 Å². The highest BCUT2D eigenvalue weighted by Crippen LogP contribution is 2.21. The van der Waals surface area contributed by atoms with E-state index in [0.29, 0.717) is 5.69 Å². The summed E-state index contributed by atoms with van der Waals surface area (Å²) in [6.07, 6.45) is 0. The predicted octanol–water partition coefficient (Wildman–Crippen LogP) is -0.326. The highest BCUT2D eigenvalue weighted by Gasteiger charge is 2.34. The number of carbonyl (C=O) groups excluding carboxylic acids is 2. The van der Waals surface area contributed by atoms with Gasteiger partial charge in [0.2, 0.25) is 17.7 Å². The van der Waals surface area contributed by atoms with E-state index in [2.05, 4.69) is 5.32 Å². The Balaban J connectivity index is 1.74. The molecular formula is C21H29N5O5. The number of ether oxygens (including phenoxy) is 1. The SMILES string of the molecule is Cn1c(O)c2n(c1=O)CCN(C(=O)[C@@H](COCc1ccccc1)NC(=O)C(C)(C)N)C2. The summed E-state index contributed by atoms with van der Waals surface area (Å²) in [6, 6.07) is 8.53. The Bertz CT molecular complexity index is 1010. The van der Waals surface area contributed by atoms with E-state index in [1.807, 2.05) is 30.3 Å². The van der Waals surface area contributed by atoms with Crippen LogP contribution >= 0.6 is 0 Å². The van der Waals surface area contributed by atoms with Gasteiger partial charge in [0, 0.05) is 20.1 Å². The van der Waals surface area contributed by atoms with Crippen molar-refractivity contribution in [1.82, 2.24) is 19.4 Å². The van der Waals surface area contributed by atoms with Crippen LogP contribution < -0.4 is 16.7 Å². The number of imidazole rings is 1. The molecule has 2 heterocycles. The van der Waals surface area contributed by atoms with Gasteiger partial charge < -0.3 is 25.8 Å². The predicted molar refractivity (Wildman–Crippen MR) is 113 cm³/mol. The molecule has 0 bridgehead atoms. The van der Waals surface area contributed by atoms with Gasteiger partial charge in [-0.25, -0.2) is 4.79 Å². The fraction of sp³-hybridized carbons (Fsp3) is 0.476. The largest absolute Gasteiger partial charge is 0.493 e. The molecule has 2 amide bonds. The molecule has 1 aliphatic heterocycles. The van der Waals surface area contributed by atoms with Crippen molar-refractivity contribution < 1.29 is 19.4 Å². The zero-order chi connectivity index (χ0) is 22.8. The van der Waals surface area contributed by atoms with E-state index in [0.717, 1.165) is 10.1 Å². The summed E-state index contributed by atoms with van der Waals surface area (Å²) < 4.78 is 8.30. The Morgan fingerprint density at radius 1 is 1.26 bits per heavy atom. The molecule has 31 heavy (non-hydrogen) atoms. The van der Waals surface area contributed by atoms with Gasteiger partial charge in [0.1, 0.15) is 11.7 Å². The standard InChI is InChI=1S/C21H29N5O5/c1-21(2,22)19(29)23-15(13-31-12-14-7-5-4-6-8-14)17(27)25-9-10-26-16(11-25)18(28)24(3)20(26)30/h4-8,15,28H,9-13,22H2,1-3H3,(H,23,29)/t15-/m1/s1. The summed E-state index contributed by atoms with van der Waals surface area (Å²) >= 11 is 0. The van der Waals surface area contributed by atoms with Crippen LogP contribution in [0, 0.1) is 0 Å². The van der Waals surface area contributed by atoms with Crippen LogP contribution in [0.25, 0.3) is 0 Å². The minimum atomic E-state index is -1.17. The summed E-state index contributed by atoms with van der Waals surface area (Å²) in [7, 11) is 1.47. The van der Waals surface area contributed by atoms with E-state index < -0.39 is 17.5 Å². The molecule has 2 aromatic rings. The first-order valence-corrected chi connectivity index (χ1v) is 10.1. The third-order valence-electron chi connectivity index (χ3n) is 5.25. The second kappa shape index (κ2) is 8.94. The minimum Gasteiger partial charge on any atom is -0.493 e. The van der Waals surface area contributed by atoms with Gasteiger partial charge in [0.25, 0.3) is 0 Å². The zero-order valence-corrected chi connectivity index (χ0v) is 18.0. The molecule has 1 aliphatic rings. The third kappa shape index (κ3) is 4.97. The lowest BCUT2D eigenvalue weighted by Gasteiger charge is -2.32. The van der Waals surface area contributed by atoms with Gasteiger partial charge in [-0.1, -0.05) is 30.3 Å². The second-order valence-electron chi connectivity index (χ2n) is 8.27. The number of carbonyl (C=O) groups is 2. The minimum absolute atomic E-state index is 0.0420. The normalized spacial score (nSPS) is 14.8. The number of aromatic nitrogens is 2. The second-order valence-corrected chi connectivity index (χ2v) is 8.27. The monoisotopic (exact) mass is 431 g/mol. The van der Waals surface area contributed by atoms with Crippen molar-refractivity contribution in [1.29, 1.82) is 0 Å². The number of benzene rings is 1. The number of amides is 2. The third-order valence-corrected chi connectivity index (χ3v) is 5.25. The van der Waals surface area contributed by atoms with E-state index in [4.69, 9.17) is 10.5 Å². The highest BCUT2D eigenvalue weighted by atomic mass is 16.5. The van der Waals surface area contributed by atoms with Crippen LogP contribution in [0.5, 0.6) is 5.88 Å². The van der Waals surface area contributed by atoms with Crippen molar-refractivity contribution in [3.63, 3.8) is 0 Å². The smallest absolute Gasteiger partial charge is 0.331 e. The lowest BCUT2D eigenvalue weighted by Crippen LogP contribution is -2.58. The maximum absolute atomic E-state index is 13.2. The molecule has 0 unspecified atom stereocenters. The molecule has 0 aliphatic carbocycles. The molecule has 1 aromatic heterocycles. The van der Waals surface area contributed by atoms with Crippen molar-refractivity contribution in [3.05, 3.63) is 52.1 Å². The summed E-state index contributed by atoms with van der Waals surface area (Å²) in [6.45, 7) is 3.92. The van der Waals surface area contributed by atoms with E-state index >= 15 is 0 Å². The van der Waals surface area contributed by atoms with Crippen LogP contribution in [-0.2, 0) is 41.1 Å². The van der Waals surface area contributed by atoms with Crippen LogP contribution in [0.15, 0.2) is 35.1 Å². The molecule has 0 fully saturated rings. The molecule has 4 N–H and O–H groups in total. The van der Waals surface area contributed by atoms with Gasteiger partial charge in [0.05, 0.1) is 25.3 Å². The Hall–Kier alpha value is -3.11. The molecule has 10 heteroatoms. The first-order chi connectivity index (χ1) is 14.6. The van der Waals surface area contributed by atoms with Crippen LogP contribution in [-0.4, -0.2) is 55.7 Å². The van der Waals surface area contributed by atoms with Crippen LogP contribution in [0.2, 0.25) is 0 Å². The number of fused-ring (bicyclic) bond motifs is 1. The Morgan fingerprint density at radius 3 is 2.58 bits per heavy atom. The molecule has 0 saturated heterocycles. The maximum atomic E-state index is 13.2. The average molecular weight is 431 g/mol. The van der Waals surface area contributed by atoms with Crippen molar-refractivity contribution >= 4 is 11.8 Å².